The maximum atomic E-state index is 12.9. The van der Waals surface area contributed by atoms with Crippen molar-refractivity contribution in [2.24, 2.45) is 0 Å². The third kappa shape index (κ3) is 4.40. The lowest BCUT2D eigenvalue weighted by Crippen LogP contribution is -2.32. The van der Waals surface area contributed by atoms with Gasteiger partial charge in [0.25, 0.3) is 11.7 Å². The number of nitrogens with zero attached hydrogens (tertiary/aromatic N) is 2. The molecule has 0 aliphatic carbocycles. The molecule has 2 aromatic rings. The van der Waals surface area contributed by atoms with Crippen LogP contribution in [-0.2, 0) is 9.59 Å². The van der Waals surface area contributed by atoms with E-state index in [0.29, 0.717) is 12.1 Å². The molecule has 1 saturated heterocycles. The molecule has 1 atom stereocenters. The third-order valence-electron chi connectivity index (χ3n) is 5.26. The Morgan fingerprint density at radius 3 is 2.07 bits per heavy atom. The Bertz CT molecular complexity index is 928. The van der Waals surface area contributed by atoms with Gasteiger partial charge in [-0.3, -0.25) is 9.59 Å². The summed E-state index contributed by atoms with van der Waals surface area (Å²) in [7, 11) is 3.95. The molecule has 0 bridgehead atoms. The molecule has 1 aliphatic rings. The lowest BCUT2D eigenvalue weighted by molar-refractivity contribution is -0.139. The van der Waals surface area contributed by atoms with Crippen molar-refractivity contribution in [1.82, 2.24) is 9.80 Å². The molecule has 29 heavy (non-hydrogen) atoms. The van der Waals surface area contributed by atoms with Crippen molar-refractivity contribution in [2.45, 2.75) is 26.3 Å². The van der Waals surface area contributed by atoms with Gasteiger partial charge in [-0.1, -0.05) is 59.7 Å². The average molecular weight is 392 g/mol. The molecule has 152 valence electrons. The summed E-state index contributed by atoms with van der Waals surface area (Å²) >= 11 is 0. The van der Waals surface area contributed by atoms with E-state index in [4.69, 9.17) is 0 Å². The number of hydrogen-bond donors (Lipinski definition) is 1. The highest BCUT2D eigenvalue weighted by Crippen LogP contribution is 2.39. The number of aliphatic hydroxyl groups excluding tert-OH is 1. The quantitative estimate of drug-likeness (QED) is 0.463. The Labute approximate surface area is 172 Å². The molecule has 0 saturated carbocycles. The van der Waals surface area contributed by atoms with Crippen LogP contribution in [0.25, 0.3) is 5.76 Å². The molecule has 0 aromatic heterocycles. The Kier molecular flexibility index (Phi) is 6.18. The van der Waals surface area contributed by atoms with Gasteiger partial charge in [-0.25, -0.2) is 0 Å². The lowest BCUT2D eigenvalue weighted by Gasteiger charge is -2.26. The predicted octanol–water partition coefficient (Wildman–Crippen LogP) is 3.68. The fourth-order valence-electron chi connectivity index (χ4n) is 3.63. The molecule has 3 rings (SSSR count). The summed E-state index contributed by atoms with van der Waals surface area (Å²) in [5.41, 5.74) is 3.68. The van der Waals surface area contributed by atoms with Gasteiger partial charge in [0.05, 0.1) is 11.6 Å². The minimum Gasteiger partial charge on any atom is -0.507 e. The van der Waals surface area contributed by atoms with Crippen LogP contribution in [0.4, 0.5) is 0 Å². The number of carbonyl (C=O) groups excluding carboxylic acids is 2. The SMILES string of the molecule is Cc1ccc(/C(O)=C2/C(=O)C(=O)N(CCCN(C)C)C2c2ccc(C)cc2)cc1. The zero-order valence-electron chi connectivity index (χ0n) is 17.5. The number of aryl methyl sites for hydroxylation is 2. The first kappa shape index (κ1) is 20.8. The van der Waals surface area contributed by atoms with Crippen molar-refractivity contribution in [3.63, 3.8) is 0 Å². The molecule has 1 fully saturated rings. The van der Waals surface area contributed by atoms with Gasteiger partial charge in [-0.15, -0.1) is 0 Å². The van der Waals surface area contributed by atoms with E-state index in [2.05, 4.69) is 0 Å². The molecule has 1 N–H and O–H groups in total. The van der Waals surface area contributed by atoms with Crippen LogP contribution >= 0.6 is 0 Å². The van der Waals surface area contributed by atoms with Gasteiger partial charge < -0.3 is 14.9 Å². The standard InChI is InChI=1S/C24H28N2O3/c1-16-6-10-18(11-7-16)21-20(22(27)19-12-8-17(2)9-13-19)23(28)24(29)26(21)15-5-14-25(3)4/h6-13,21,27H,5,14-15H2,1-4H3/b22-20-. The van der Waals surface area contributed by atoms with Crippen molar-refractivity contribution in [3.05, 3.63) is 76.4 Å². The normalized spacial score (nSPS) is 18.7. The largest absolute Gasteiger partial charge is 0.507 e. The summed E-state index contributed by atoms with van der Waals surface area (Å²) in [5, 5.41) is 11.0. The zero-order chi connectivity index (χ0) is 21.1. The number of Topliss-reactive ketones (excluding diaryl/α,β-unsaturated/α-hetero) is 1. The van der Waals surface area contributed by atoms with Crippen LogP contribution in [0.5, 0.6) is 0 Å². The van der Waals surface area contributed by atoms with Gasteiger partial charge >= 0.3 is 0 Å². The summed E-state index contributed by atoms with van der Waals surface area (Å²) < 4.78 is 0. The van der Waals surface area contributed by atoms with Crippen LogP contribution < -0.4 is 0 Å². The molecule has 0 radical (unpaired) electrons. The lowest BCUT2D eigenvalue weighted by atomic mass is 9.94. The van der Waals surface area contributed by atoms with Crippen molar-refractivity contribution >= 4 is 17.4 Å². The fraction of sp³-hybridized carbons (Fsp3) is 0.333. The number of amides is 1. The molecule has 0 spiro atoms. The second kappa shape index (κ2) is 8.62. The van der Waals surface area contributed by atoms with Gasteiger partial charge in [0.2, 0.25) is 0 Å². The summed E-state index contributed by atoms with van der Waals surface area (Å²) in [5.74, 6) is -1.30. The number of ketones is 1. The van der Waals surface area contributed by atoms with Crippen LogP contribution in [0, 0.1) is 13.8 Å². The maximum absolute atomic E-state index is 12.9. The number of rotatable bonds is 6. The Morgan fingerprint density at radius 1 is 0.966 bits per heavy atom. The minimum absolute atomic E-state index is 0.121. The molecule has 5 heteroatoms. The van der Waals surface area contributed by atoms with E-state index in [1.54, 1.807) is 17.0 Å². The highest BCUT2D eigenvalue weighted by molar-refractivity contribution is 6.46. The molecule has 1 heterocycles. The third-order valence-corrected chi connectivity index (χ3v) is 5.26. The van der Waals surface area contributed by atoms with E-state index < -0.39 is 17.7 Å². The van der Waals surface area contributed by atoms with Crippen molar-refractivity contribution in [2.75, 3.05) is 27.2 Å². The van der Waals surface area contributed by atoms with Crippen LogP contribution in [0.15, 0.2) is 54.1 Å². The number of carbonyl (C=O) groups is 2. The highest BCUT2D eigenvalue weighted by atomic mass is 16.3. The topological polar surface area (TPSA) is 60.9 Å². The first-order chi connectivity index (χ1) is 13.8. The Morgan fingerprint density at radius 2 is 1.52 bits per heavy atom. The van der Waals surface area contributed by atoms with E-state index in [9.17, 15) is 14.7 Å². The minimum atomic E-state index is -0.626. The van der Waals surface area contributed by atoms with Gasteiger partial charge in [0, 0.05) is 12.1 Å². The number of likely N-dealkylation sites (tertiary alicyclic amines) is 1. The van der Waals surface area contributed by atoms with Crippen LogP contribution in [0.1, 0.15) is 34.7 Å². The Balaban J connectivity index is 2.07. The van der Waals surface area contributed by atoms with Gasteiger partial charge in [0.1, 0.15) is 5.76 Å². The van der Waals surface area contributed by atoms with Crippen LogP contribution in [0.3, 0.4) is 0 Å². The van der Waals surface area contributed by atoms with Crippen molar-refractivity contribution in [3.8, 4) is 0 Å². The monoisotopic (exact) mass is 392 g/mol. The molecular formula is C24H28N2O3. The molecular weight excluding hydrogens is 364 g/mol. The first-order valence-corrected chi connectivity index (χ1v) is 9.86. The van der Waals surface area contributed by atoms with E-state index in [-0.39, 0.29) is 11.3 Å². The summed E-state index contributed by atoms with van der Waals surface area (Å²) in [6.07, 6.45) is 0.743. The van der Waals surface area contributed by atoms with Gasteiger partial charge in [0.15, 0.2) is 0 Å². The number of benzene rings is 2. The van der Waals surface area contributed by atoms with Gasteiger partial charge in [-0.2, -0.15) is 0 Å². The molecule has 1 aliphatic heterocycles. The van der Waals surface area contributed by atoms with Crippen LogP contribution in [0.2, 0.25) is 0 Å². The zero-order valence-corrected chi connectivity index (χ0v) is 17.5. The second-order valence-electron chi connectivity index (χ2n) is 7.93. The van der Waals surface area contributed by atoms with E-state index in [0.717, 1.165) is 29.7 Å². The van der Waals surface area contributed by atoms with Crippen molar-refractivity contribution < 1.29 is 14.7 Å². The number of hydrogen-bond acceptors (Lipinski definition) is 4. The summed E-state index contributed by atoms with van der Waals surface area (Å²) in [6.45, 7) is 5.21. The first-order valence-electron chi connectivity index (χ1n) is 9.86. The number of aliphatic hydroxyl groups is 1. The average Bonchev–Trinajstić information content (AvgIpc) is 2.93. The summed E-state index contributed by atoms with van der Waals surface area (Å²) in [4.78, 5) is 29.4. The van der Waals surface area contributed by atoms with Crippen molar-refractivity contribution in [1.29, 1.82) is 0 Å². The van der Waals surface area contributed by atoms with E-state index >= 15 is 0 Å². The summed E-state index contributed by atoms with van der Waals surface area (Å²) in [6, 6.07) is 14.5. The second-order valence-corrected chi connectivity index (χ2v) is 7.93. The molecule has 2 aromatic carbocycles. The smallest absolute Gasteiger partial charge is 0.295 e. The van der Waals surface area contributed by atoms with Gasteiger partial charge in [-0.05, 0) is 46.5 Å². The Hall–Kier alpha value is -2.92. The van der Waals surface area contributed by atoms with E-state index in [1.165, 1.54) is 0 Å². The highest BCUT2D eigenvalue weighted by Gasteiger charge is 2.45. The van der Waals surface area contributed by atoms with E-state index in [1.807, 2.05) is 69.2 Å². The maximum Gasteiger partial charge on any atom is 0.295 e. The predicted molar refractivity (Wildman–Crippen MR) is 115 cm³/mol. The van der Waals surface area contributed by atoms with Crippen LogP contribution in [-0.4, -0.2) is 53.8 Å². The fourth-order valence-corrected chi connectivity index (χ4v) is 3.63. The molecule has 1 unspecified atom stereocenters. The molecule has 5 nitrogen and oxygen atoms in total. The molecule has 1 amide bonds.